The van der Waals surface area contributed by atoms with Crippen LogP contribution in [-0.2, 0) is 0 Å². The Morgan fingerprint density at radius 3 is 2.84 bits per heavy atom. The van der Waals surface area contributed by atoms with Gasteiger partial charge in [0, 0.05) is 11.6 Å². The monoisotopic (exact) mass is 283 g/mol. The maximum absolute atomic E-state index is 8.75. The van der Waals surface area contributed by atoms with Crippen LogP contribution in [0.4, 0.5) is 0 Å². The van der Waals surface area contributed by atoms with Crippen LogP contribution in [0.15, 0.2) is 23.4 Å². The third-order valence-electron chi connectivity index (χ3n) is 3.19. The van der Waals surface area contributed by atoms with Crippen LogP contribution < -0.4 is 10.5 Å². The molecule has 0 amide bonds. The van der Waals surface area contributed by atoms with Gasteiger partial charge in [0.25, 0.3) is 0 Å². The fourth-order valence-electron chi connectivity index (χ4n) is 2.17. The Kier molecular flexibility index (Phi) is 4.87. The fraction of sp³-hybridized carbons (Fsp3) is 0.462. The molecule has 1 fully saturated rings. The van der Waals surface area contributed by atoms with Crippen molar-refractivity contribution in [2.24, 2.45) is 10.9 Å². The molecule has 19 heavy (non-hydrogen) atoms. The van der Waals surface area contributed by atoms with Gasteiger partial charge in [-0.15, -0.1) is 0 Å². The van der Waals surface area contributed by atoms with Crippen LogP contribution in [-0.4, -0.2) is 42.2 Å². The Hall–Kier alpha value is -1.46. The summed E-state index contributed by atoms with van der Waals surface area (Å²) in [5.41, 5.74) is 6.15. The molecule has 0 unspecified atom stereocenters. The van der Waals surface area contributed by atoms with Crippen molar-refractivity contribution in [2.75, 3.05) is 26.2 Å². The van der Waals surface area contributed by atoms with E-state index >= 15 is 0 Å². The summed E-state index contributed by atoms with van der Waals surface area (Å²) in [6, 6.07) is 5.05. The largest absolute Gasteiger partial charge is 0.491 e. The smallest absolute Gasteiger partial charge is 0.173 e. The predicted octanol–water partition coefficient (Wildman–Crippen LogP) is 1.91. The summed E-state index contributed by atoms with van der Waals surface area (Å²) in [5.74, 6) is 0.565. The highest BCUT2D eigenvalue weighted by Crippen LogP contribution is 2.23. The van der Waals surface area contributed by atoms with E-state index in [9.17, 15) is 0 Å². The molecule has 104 valence electrons. The number of rotatable bonds is 5. The second-order valence-corrected chi connectivity index (χ2v) is 4.96. The number of nitrogens with two attached hydrogens (primary N) is 1. The van der Waals surface area contributed by atoms with E-state index in [-0.39, 0.29) is 5.84 Å². The Labute approximate surface area is 117 Å². The zero-order chi connectivity index (χ0) is 13.7. The molecule has 0 bridgehead atoms. The van der Waals surface area contributed by atoms with Gasteiger partial charge in [0.15, 0.2) is 5.84 Å². The normalized spacial score (nSPS) is 16.8. The maximum Gasteiger partial charge on any atom is 0.173 e. The Morgan fingerprint density at radius 1 is 1.42 bits per heavy atom. The first-order valence-electron chi connectivity index (χ1n) is 6.33. The van der Waals surface area contributed by atoms with Crippen molar-refractivity contribution >= 4 is 17.4 Å². The van der Waals surface area contributed by atoms with E-state index in [2.05, 4.69) is 10.1 Å². The Bertz CT molecular complexity index is 459. The number of ether oxygens (including phenoxy) is 1. The molecule has 0 radical (unpaired) electrons. The van der Waals surface area contributed by atoms with Gasteiger partial charge in [0.2, 0.25) is 0 Å². The van der Waals surface area contributed by atoms with Gasteiger partial charge in [0.05, 0.1) is 5.56 Å². The number of halogens is 1. The summed E-state index contributed by atoms with van der Waals surface area (Å²) in [6.45, 7) is 3.70. The lowest BCUT2D eigenvalue weighted by atomic mass is 10.2. The van der Waals surface area contributed by atoms with Crippen LogP contribution in [0.5, 0.6) is 5.75 Å². The SMILES string of the molecule is NC(=NO)c1ccc(Cl)cc1OCCN1CCCC1. The van der Waals surface area contributed by atoms with Crippen LogP contribution >= 0.6 is 11.6 Å². The minimum Gasteiger partial charge on any atom is -0.491 e. The van der Waals surface area contributed by atoms with Gasteiger partial charge in [-0.25, -0.2) is 0 Å². The highest BCUT2D eigenvalue weighted by molar-refractivity contribution is 6.30. The van der Waals surface area contributed by atoms with E-state index < -0.39 is 0 Å². The lowest BCUT2D eigenvalue weighted by Crippen LogP contribution is -2.25. The lowest BCUT2D eigenvalue weighted by Gasteiger charge is -2.16. The summed E-state index contributed by atoms with van der Waals surface area (Å²) >= 11 is 5.94. The average Bonchev–Trinajstić information content (AvgIpc) is 2.91. The van der Waals surface area contributed by atoms with Gasteiger partial charge in [-0.1, -0.05) is 16.8 Å². The van der Waals surface area contributed by atoms with Gasteiger partial charge in [-0.2, -0.15) is 0 Å². The minimum absolute atomic E-state index is 0.0211. The molecule has 0 spiro atoms. The quantitative estimate of drug-likeness (QED) is 0.375. The predicted molar refractivity (Wildman–Crippen MR) is 75.1 cm³/mol. The van der Waals surface area contributed by atoms with Crippen LogP contribution in [0.25, 0.3) is 0 Å². The first-order chi connectivity index (χ1) is 9.20. The van der Waals surface area contributed by atoms with Crippen molar-refractivity contribution in [3.63, 3.8) is 0 Å². The topological polar surface area (TPSA) is 71.1 Å². The highest BCUT2D eigenvalue weighted by atomic mass is 35.5. The van der Waals surface area contributed by atoms with Crippen molar-refractivity contribution in [2.45, 2.75) is 12.8 Å². The molecular formula is C13H18ClN3O2. The van der Waals surface area contributed by atoms with Crippen molar-refractivity contribution in [3.05, 3.63) is 28.8 Å². The van der Waals surface area contributed by atoms with Gasteiger partial charge in [-0.3, -0.25) is 4.90 Å². The molecule has 6 heteroatoms. The molecule has 0 atom stereocenters. The molecule has 1 aliphatic rings. The summed E-state index contributed by atoms with van der Waals surface area (Å²) in [7, 11) is 0. The van der Waals surface area contributed by atoms with Crippen LogP contribution in [0, 0.1) is 0 Å². The van der Waals surface area contributed by atoms with Crippen molar-refractivity contribution < 1.29 is 9.94 Å². The first kappa shape index (κ1) is 14.0. The Morgan fingerprint density at radius 2 is 2.16 bits per heavy atom. The number of oxime groups is 1. The first-order valence-corrected chi connectivity index (χ1v) is 6.71. The minimum atomic E-state index is 0.0211. The molecule has 3 N–H and O–H groups in total. The highest BCUT2D eigenvalue weighted by Gasteiger charge is 2.13. The molecule has 1 heterocycles. The number of hydrogen-bond acceptors (Lipinski definition) is 4. The summed E-state index contributed by atoms with van der Waals surface area (Å²) in [4.78, 5) is 2.35. The number of nitrogens with zero attached hydrogens (tertiary/aromatic N) is 2. The molecule has 1 aliphatic heterocycles. The van der Waals surface area contributed by atoms with E-state index in [1.807, 2.05) is 0 Å². The third kappa shape index (κ3) is 3.75. The van der Waals surface area contributed by atoms with E-state index in [1.165, 1.54) is 12.8 Å². The summed E-state index contributed by atoms with van der Waals surface area (Å²) in [6.07, 6.45) is 2.51. The summed E-state index contributed by atoms with van der Waals surface area (Å²) < 4.78 is 5.70. The maximum atomic E-state index is 8.75. The third-order valence-corrected chi connectivity index (χ3v) is 3.43. The second-order valence-electron chi connectivity index (χ2n) is 4.52. The van der Waals surface area contributed by atoms with Gasteiger partial charge in [-0.05, 0) is 44.1 Å². The van der Waals surface area contributed by atoms with E-state index in [0.717, 1.165) is 19.6 Å². The van der Waals surface area contributed by atoms with Crippen molar-refractivity contribution in [3.8, 4) is 5.75 Å². The number of likely N-dealkylation sites (tertiary alicyclic amines) is 1. The lowest BCUT2D eigenvalue weighted by molar-refractivity contribution is 0.237. The summed E-state index contributed by atoms with van der Waals surface area (Å²) in [5, 5.41) is 12.3. The van der Waals surface area contributed by atoms with Crippen LogP contribution in [0.3, 0.4) is 0 Å². The van der Waals surface area contributed by atoms with Crippen molar-refractivity contribution in [1.82, 2.24) is 4.90 Å². The molecular weight excluding hydrogens is 266 g/mol. The van der Waals surface area contributed by atoms with E-state index in [0.29, 0.717) is 22.9 Å². The molecule has 1 aromatic carbocycles. The zero-order valence-electron chi connectivity index (χ0n) is 10.7. The molecule has 2 rings (SSSR count). The molecule has 5 nitrogen and oxygen atoms in total. The van der Waals surface area contributed by atoms with Crippen LogP contribution in [0.1, 0.15) is 18.4 Å². The van der Waals surface area contributed by atoms with Crippen molar-refractivity contribution in [1.29, 1.82) is 0 Å². The van der Waals surface area contributed by atoms with Gasteiger partial charge >= 0.3 is 0 Å². The van der Waals surface area contributed by atoms with Gasteiger partial charge < -0.3 is 15.7 Å². The fourth-order valence-corrected chi connectivity index (χ4v) is 2.33. The second kappa shape index (κ2) is 6.63. The van der Waals surface area contributed by atoms with Crippen LogP contribution in [0.2, 0.25) is 5.02 Å². The number of benzene rings is 1. The molecule has 1 aromatic rings. The number of amidine groups is 1. The number of hydrogen-bond donors (Lipinski definition) is 2. The average molecular weight is 284 g/mol. The standard InChI is InChI=1S/C13H18ClN3O2/c14-10-3-4-11(13(15)16-18)12(9-10)19-8-7-17-5-1-2-6-17/h3-4,9,18H,1-2,5-8H2,(H2,15,16). The molecule has 1 saturated heterocycles. The van der Waals surface area contributed by atoms with E-state index in [1.54, 1.807) is 18.2 Å². The van der Waals surface area contributed by atoms with E-state index in [4.69, 9.17) is 27.3 Å². The molecule has 0 saturated carbocycles. The Balaban J connectivity index is 1.99. The zero-order valence-corrected chi connectivity index (χ0v) is 11.4. The van der Waals surface area contributed by atoms with Gasteiger partial charge in [0.1, 0.15) is 12.4 Å². The molecule has 0 aliphatic carbocycles. The molecule has 0 aromatic heterocycles.